The van der Waals surface area contributed by atoms with Crippen molar-refractivity contribution in [1.82, 2.24) is 4.31 Å². The predicted molar refractivity (Wildman–Crippen MR) is 106 cm³/mol. The third-order valence-electron chi connectivity index (χ3n) is 4.50. The molecule has 2 aromatic carbocycles. The number of rotatable bonds is 7. The number of anilines is 1. The summed E-state index contributed by atoms with van der Waals surface area (Å²) in [6, 6.07) is 10.2. The van der Waals surface area contributed by atoms with Crippen LogP contribution >= 0.6 is 0 Å². The summed E-state index contributed by atoms with van der Waals surface area (Å²) >= 11 is 0. The average Bonchev–Trinajstić information content (AvgIpc) is 2.71. The van der Waals surface area contributed by atoms with Crippen molar-refractivity contribution in [3.63, 3.8) is 0 Å². The number of carbonyl (C=O) groups is 1. The molecule has 1 fully saturated rings. The minimum absolute atomic E-state index is 0.0667. The SMILES string of the molecule is Cc1ccc(S(=O)(=O)N2CCOCC2)cc1NC(=O)CCOc1ccc(F)cc1. The van der Waals surface area contributed by atoms with Crippen LogP contribution in [-0.4, -0.2) is 51.5 Å². The van der Waals surface area contributed by atoms with E-state index in [0.717, 1.165) is 5.56 Å². The first-order valence-corrected chi connectivity index (χ1v) is 10.7. The summed E-state index contributed by atoms with van der Waals surface area (Å²) < 4.78 is 50.5. The number of morpholine rings is 1. The second-order valence-corrected chi connectivity index (χ2v) is 8.53. The molecule has 0 aromatic heterocycles. The molecule has 0 spiro atoms. The average molecular weight is 422 g/mol. The molecule has 29 heavy (non-hydrogen) atoms. The molecule has 7 nitrogen and oxygen atoms in total. The van der Waals surface area contributed by atoms with Crippen molar-refractivity contribution in [1.29, 1.82) is 0 Å². The van der Waals surface area contributed by atoms with Crippen molar-refractivity contribution in [3.8, 4) is 5.75 Å². The second kappa shape index (κ2) is 9.34. The van der Waals surface area contributed by atoms with Gasteiger partial charge in [-0.05, 0) is 48.9 Å². The summed E-state index contributed by atoms with van der Waals surface area (Å²) in [5.74, 6) is -0.206. The molecule has 9 heteroatoms. The fourth-order valence-electron chi connectivity index (χ4n) is 2.84. The maximum absolute atomic E-state index is 12.9. The van der Waals surface area contributed by atoms with E-state index in [0.29, 0.717) is 37.7 Å². The van der Waals surface area contributed by atoms with E-state index in [4.69, 9.17) is 9.47 Å². The minimum atomic E-state index is -3.65. The van der Waals surface area contributed by atoms with E-state index < -0.39 is 10.0 Å². The van der Waals surface area contributed by atoms with Gasteiger partial charge in [0.2, 0.25) is 15.9 Å². The van der Waals surface area contributed by atoms with Gasteiger partial charge in [-0.25, -0.2) is 12.8 Å². The summed E-state index contributed by atoms with van der Waals surface area (Å²) in [4.78, 5) is 12.4. The molecule has 1 aliphatic rings. The summed E-state index contributed by atoms with van der Waals surface area (Å²) in [6.07, 6.45) is 0.0667. The summed E-state index contributed by atoms with van der Waals surface area (Å²) in [5.41, 5.74) is 1.19. The molecule has 3 rings (SSSR count). The van der Waals surface area contributed by atoms with Gasteiger partial charge in [-0.1, -0.05) is 6.07 Å². The van der Waals surface area contributed by atoms with Crippen molar-refractivity contribution < 1.29 is 27.1 Å². The Kier molecular flexibility index (Phi) is 6.83. The topological polar surface area (TPSA) is 84.9 Å². The molecule has 1 N–H and O–H groups in total. The van der Waals surface area contributed by atoms with Crippen molar-refractivity contribution in [2.75, 3.05) is 38.2 Å². The molecule has 1 aliphatic heterocycles. The van der Waals surface area contributed by atoms with Crippen LogP contribution in [-0.2, 0) is 19.6 Å². The molecule has 156 valence electrons. The van der Waals surface area contributed by atoms with Gasteiger partial charge in [0.05, 0.1) is 31.1 Å². The molecule has 0 saturated carbocycles. The molecule has 0 aliphatic carbocycles. The number of hydrogen-bond donors (Lipinski definition) is 1. The van der Waals surface area contributed by atoms with Crippen LogP contribution < -0.4 is 10.1 Å². The molecule has 2 aromatic rings. The van der Waals surface area contributed by atoms with Gasteiger partial charge in [0.25, 0.3) is 0 Å². The highest BCUT2D eigenvalue weighted by Gasteiger charge is 2.26. The fraction of sp³-hybridized carbons (Fsp3) is 0.350. The fourth-order valence-corrected chi connectivity index (χ4v) is 4.27. The minimum Gasteiger partial charge on any atom is -0.493 e. The second-order valence-electron chi connectivity index (χ2n) is 6.59. The van der Waals surface area contributed by atoms with Gasteiger partial charge in [0.15, 0.2) is 0 Å². The number of amides is 1. The standard InChI is InChI=1S/C20H23FN2O5S/c1-15-2-7-18(29(25,26)23-9-12-27-13-10-23)14-19(15)22-20(24)8-11-28-17-5-3-16(21)4-6-17/h2-7,14H,8-13H2,1H3,(H,22,24). The molecule has 1 heterocycles. The van der Waals surface area contributed by atoms with Gasteiger partial charge in [0.1, 0.15) is 11.6 Å². The van der Waals surface area contributed by atoms with Crippen LogP contribution in [0.1, 0.15) is 12.0 Å². The number of ether oxygens (including phenoxy) is 2. The number of carbonyl (C=O) groups excluding carboxylic acids is 1. The number of sulfonamides is 1. The van der Waals surface area contributed by atoms with Crippen molar-refractivity contribution in [3.05, 3.63) is 53.8 Å². The van der Waals surface area contributed by atoms with Crippen LogP contribution in [0.4, 0.5) is 10.1 Å². The van der Waals surface area contributed by atoms with Crippen molar-refractivity contribution in [2.45, 2.75) is 18.2 Å². The number of benzene rings is 2. The Bertz CT molecular complexity index is 957. The van der Waals surface area contributed by atoms with E-state index >= 15 is 0 Å². The number of aryl methyl sites for hydroxylation is 1. The van der Waals surface area contributed by atoms with Crippen LogP contribution in [0.15, 0.2) is 47.4 Å². The number of nitrogens with zero attached hydrogens (tertiary/aromatic N) is 1. The summed E-state index contributed by atoms with van der Waals surface area (Å²) in [7, 11) is -3.65. The van der Waals surface area contributed by atoms with Crippen LogP contribution in [0.2, 0.25) is 0 Å². The molecule has 1 saturated heterocycles. The lowest BCUT2D eigenvalue weighted by atomic mass is 10.2. The highest BCUT2D eigenvalue weighted by Crippen LogP contribution is 2.24. The van der Waals surface area contributed by atoms with Gasteiger partial charge < -0.3 is 14.8 Å². The lowest BCUT2D eigenvalue weighted by Crippen LogP contribution is -2.40. The van der Waals surface area contributed by atoms with Crippen LogP contribution in [0, 0.1) is 12.7 Å². The Morgan fingerprint density at radius 1 is 1.17 bits per heavy atom. The lowest BCUT2D eigenvalue weighted by Gasteiger charge is -2.26. The third-order valence-corrected chi connectivity index (χ3v) is 6.40. The molecular formula is C20H23FN2O5S. The largest absolute Gasteiger partial charge is 0.493 e. The first kappa shape index (κ1) is 21.2. The van der Waals surface area contributed by atoms with E-state index in [9.17, 15) is 17.6 Å². The van der Waals surface area contributed by atoms with E-state index in [2.05, 4.69) is 5.32 Å². The monoisotopic (exact) mass is 422 g/mol. The van der Waals surface area contributed by atoms with Crippen molar-refractivity contribution >= 4 is 21.6 Å². The first-order valence-electron chi connectivity index (χ1n) is 9.23. The highest BCUT2D eigenvalue weighted by molar-refractivity contribution is 7.89. The molecule has 0 bridgehead atoms. The maximum atomic E-state index is 12.9. The Morgan fingerprint density at radius 2 is 1.86 bits per heavy atom. The zero-order valence-electron chi connectivity index (χ0n) is 16.1. The molecular weight excluding hydrogens is 399 g/mol. The van der Waals surface area contributed by atoms with Gasteiger partial charge in [0, 0.05) is 18.8 Å². The summed E-state index contributed by atoms with van der Waals surface area (Å²) in [5, 5.41) is 2.73. The zero-order valence-corrected chi connectivity index (χ0v) is 16.9. The number of nitrogens with one attached hydrogen (secondary N) is 1. The van der Waals surface area contributed by atoms with E-state index in [-0.39, 0.29) is 29.6 Å². The Hall–Kier alpha value is -2.49. The van der Waals surface area contributed by atoms with Gasteiger partial charge in [-0.15, -0.1) is 0 Å². The first-order chi connectivity index (χ1) is 13.9. The Labute approximate surface area is 169 Å². The van der Waals surface area contributed by atoms with Crippen LogP contribution in [0.25, 0.3) is 0 Å². The quantitative estimate of drug-likeness (QED) is 0.741. The normalized spacial score (nSPS) is 15.1. The van der Waals surface area contributed by atoms with Gasteiger partial charge >= 0.3 is 0 Å². The lowest BCUT2D eigenvalue weighted by molar-refractivity contribution is -0.116. The van der Waals surface area contributed by atoms with Gasteiger partial charge in [-0.3, -0.25) is 4.79 Å². The number of halogens is 1. The van der Waals surface area contributed by atoms with Gasteiger partial charge in [-0.2, -0.15) is 4.31 Å². The van der Waals surface area contributed by atoms with E-state index in [1.165, 1.54) is 40.7 Å². The molecule has 0 unspecified atom stereocenters. The zero-order chi connectivity index (χ0) is 20.9. The van der Waals surface area contributed by atoms with Crippen LogP contribution in [0.3, 0.4) is 0 Å². The maximum Gasteiger partial charge on any atom is 0.243 e. The van der Waals surface area contributed by atoms with Crippen molar-refractivity contribution in [2.24, 2.45) is 0 Å². The third kappa shape index (κ3) is 5.53. The molecule has 1 amide bonds. The highest BCUT2D eigenvalue weighted by atomic mass is 32.2. The smallest absolute Gasteiger partial charge is 0.243 e. The summed E-state index contributed by atoms with van der Waals surface area (Å²) in [6.45, 7) is 3.24. The predicted octanol–water partition coefficient (Wildman–Crippen LogP) is 2.56. The van der Waals surface area contributed by atoms with Crippen LogP contribution in [0.5, 0.6) is 5.75 Å². The Balaban J connectivity index is 1.61. The molecule has 0 radical (unpaired) electrons. The van der Waals surface area contributed by atoms with E-state index in [1.54, 1.807) is 13.0 Å². The Morgan fingerprint density at radius 3 is 2.55 bits per heavy atom. The molecule has 0 atom stereocenters. The van der Waals surface area contributed by atoms with E-state index in [1.807, 2.05) is 0 Å². The number of hydrogen-bond acceptors (Lipinski definition) is 5.